The lowest BCUT2D eigenvalue weighted by atomic mass is 9.98. The molecule has 4 atom stereocenters. The van der Waals surface area contributed by atoms with E-state index in [2.05, 4.69) is 38.2 Å². The molecule has 0 saturated carbocycles. The van der Waals surface area contributed by atoms with Crippen LogP contribution in [0.1, 0.15) is 194 Å². The molecule has 2 saturated heterocycles. The number of rotatable bonds is 32. The second-order valence-corrected chi connectivity index (χ2v) is 15.3. The zero-order valence-corrected chi connectivity index (χ0v) is 32.1. The molecule has 48 heavy (non-hydrogen) atoms. The molecule has 0 spiro atoms. The number of hydrogen-bond acceptors (Lipinski definition) is 4. The number of ether oxygens (including phenoxy) is 3. The Morgan fingerprint density at radius 3 is 1.19 bits per heavy atom. The molecule has 0 aromatic rings. The predicted molar refractivity (Wildman–Crippen MR) is 201 cm³/mol. The summed E-state index contributed by atoms with van der Waals surface area (Å²) in [7, 11) is -4.64. The minimum atomic E-state index is -4.64. The zero-order valence-electron chi connectivity index (χ0n) is 31.3. The highest BCUT2D eigenvalue weighted by molar-refractivity contribution is 7.45. The van der Waals surface area contributed by atoms with Gasteiger partial charge in [-0.3, -0.25) is 0 Å². The molecule has 2 rings (SSSR count). The van der Waals surface area contributed by atoms with Crippen molar-refractivity contribution in [1.82, 2.24) is 0 Å². The van der Waals surface area contributed by atoms with E-state index in [4.69, 9.17) is 33.5 Å². The van der Waals surface area contributed by atoms with Crippen LogP contribution in [-0.4, -0.2) is 52.3 Å². The molecule has 0 bridgehead atoms. The molecule has 0 aromatic carbocycles. The summed E-state index contributed by atoms with van der Waals surface area (Å²) in [5, 5.41) is 0. The molecule has 4 unspecified atom stereocenters. The van der Waals surface area contributed by atoms with Gasteiger partial charge in [0.2, 0.25) is 0 Å². The number of allylic oxidation sites excluding steroid dienone is 4. The van der Waals surface area contributed by atoms with Gasteiger partial charge in [-0.05, 0) is 103 Å². The lowest BCUT2D eigenvalue weighted by molar-refractivity contribution is -0.0859. The highest BCUT2D eigenvalue weighted by Gasteiger charge is 2.24. The maximum absolute atomic E-state index is 8.88. The van der Waals surface area contributed by atoms with Crippen LogP contribution in [0.5, 0.6) is 0 Å². The van der Waals surface area contributed by atoms with Gasteiger partial charge in [-0.1, -0.05) is 115 Å². The molecule has 284 valence electrons. The second kappa shape index (κ2) is 32.4. The van der Waals surface area contributed by atoms with E-state index in [0.717, 1.165) is 26.1 Å². The van der Waals surface area contributed by atoms with Crippen molar-refractivity contribution < 1.29 is 33.5 Å². The van der Waals surface area contributed by atoms with Gasteiger partial charge in [0.25, 0.3) is 0 Å². The zero-order chi connectivity index (χ0) is 35.0. The van der Waals surface area contributed by atoms with Crippen LogP contribution >= 0.6 is 7.82 Å². The normalized spacial score (nSPS) is 19.2. The van der Waals surface area contributed by atoms with E-state index in [9.17, 15) is 0 Å². The van der Waals surface area contributed by atoms with Crippen molar-refractivity contribution in [3.05, 3.63) is 24.3 Å². The van der Waals surface area contributed by atoms with Crippen molar-refractivity contribution in [3.8, 4) is 0 Å². The summed E-state index contributed by atoms with van der Waals surface area (Å²) in [5.41, 5.74) is 0. The Bertz CT molecular complexity index is 728. The van der Waals surface area contributed by atoms with Crippen molar-refractivity contribution in [2.75, 3.05) is 13.2 Å². The van der Waals surface area contributed by atoms with E-state index in [1.165, 1.54) is 167 Å². The van der Waals surface area contributed by atoms with Crippen molar-refractivity contribution in [3.63, 3.8) is 0 Å². The summed E-state index contributed by atoms with van der Waals surface area (Å²) < 4.78 is 27.4. The lowest BCUT2D eigenvalue weighted by Gasteiger charge is -2.32. The molecule has 0 radical (unpaired) electrons. The van der Waals surface area contributed by atoms with E-state index >= 15 is 0 Å². The third-order valence-corrected chi connectivity index (χ3v) is 9.67. The third kappa shape index (κ3) is 31.5. The Labute approximate surface area is 296 Å². The van der Waals surface area contributed by atoms with Crippen molar-refractivity contribution in [2.24, 2.45) is 0 Å². The molecule has 2 fully saturated rings. The van der Waals surface area contributed by atoms with Gasteiger partial charge in [-0.25, -0.2) is 4.57 Å². The summed E-state index contributed by atoms with van der Waals surface area (Å²) in [6, 6.07) is 0. The molecule has 8 heteroatoms. The van der Waals surface area contributed by atoms with Crippen LogP contribution in [0, 0.1) is 0 Å². The molecule has 2 heterocycles. The fourth-order valence-electron chi connectivity index (χ4n) is 6.43. The summed E-state index contributed by atoms with van der Waals surface area (Å²) in [5.74, 6) is 0. The molecule has 0 aliphatic carbocycles. The van der Waals surface area contributed by atoms with E-state index in [1.807, 2.05) is 0 Å². The van der Waals surface area contributed by atoms with E-state index in [0.29, 0.717) is 24.4 Å². The second-order valence-electron chi connectivity index (χ2n) is 14.2. The first-order valence-corrected chi connectivity index (χ1v) is 21.8. The molecular weight excluding hydrogens is 623 g/mol. The average molecular weight is 701 g/mol. The molecule has 2 aliphatic heterocycles. The largest absolute Gasteiger partial charge is 0.466 e. The molecular formula is C40H77O7P. The minimum absolute atomic E-state index is 0.390. The Morgan fingerprint density at radius 1 is 0.562 bits per heavy atom. The van der Waals surface area contributed by atoms with Crippen molar-refractivity contribution in [1.29, 1.82) is 0 Å². The Hall–Kier alpha value is -0.530. The van der Waals surface area contributed by atoms with Gasteiger partial charge in [0.15, 0.2) is 0 Å². The molecule has 0 amide bonds. The van der Waals surface area contributed by atoms with Gasteiger partial charge in [0, 0.05) is 13.2 Å². The maximum Gasteiger partial charge on any atom is 0.466 e. The summed E-state index contributed by atoms with van der Waals surface area (Å²) >= 11 is 0. The van der Waals surface area contributed by atoms with Crippen LogP contribution in [0.3, 0.4) is 0 Å². The number of hydrogen-bond donors (Lipinski definition) is 3. The number of phosphoric acid groups is 1. The van der Waals surface area contributed by atoms with Crippen LogP contribution in [0.25, 0.3) is 0 Å². The van der Waals surface area contributed by atoms with Crippen LogP contribution in [0.2, 0.25) is 0 Å². The van der Waals surface area contributed by atoms with Crippen molar-refractivity contribution in [2.45, 2.75) is 218 Å². The summed E-state index contributed by atoms with van der Waals surface area (Å²) in [6.07, 6.45) is 47.9. The van der Waals surface area contributed by atoms with Gasteiger partial charge in [-0.2, -0.15) is 0 Å². The first-order valence-electron chi connectivity index (χ1n) is 20.3. The topological polar surface area (TPSA) is 105 Å². The minimum Gasteiger partial charge on any atom is -0.378 e. The van der Waals surface area contributed by atoms with E-state index in [-0.39, 0.29) is 0 Å². The van der Waals surface area contributed by atoms with Crippen LogP contribution in [-0.2, 0) is 18.8 Å². The smallest absolute Gasteiger partial charge is 0.378 e. The monoisotopic (exact) mass is 701 g/mol. The quantitative estimate of drug-likeness (QED) is 0.0364. The van der Waals surface area contributed by atoms with Crippen LogP contribution in [0.4, 0.5) is 0 Å². The van der Waals surface area contributed by atoms with Gasteiger partial charge in [-0.15, -0.1) is 0 Å². The average Bonchev–Trinajstić information content (AvgIpc) is 2.99. The molecule has 0 aromatic heterocycles. The van der Waals surface area contributed by atoms with Crippen molar-refractivity contribution >= 4 is 7.82 Å². The first kappa shape index (κ1) is 45.5. The Morgan fingerprint density at radius 2 is 0.875 bits per heavy atom. The van der Waals surface area contributed by atoms with Gasteiger partial charge < -0.3 is 28.9 Å². The van der Waals surface area contributed by atoms with Crippen LogP contribution < -0.4 is 0 Å². The Balaban J connectivity index is 0.00000213. The summed E-state index contributed by atoms with van der Waals surface area (Å²) in [6.45, 7) is 6.50. The highest BCUT2D eigenvalue weighted by Crippen LogP contribution is 2.27. The van der Waals surface area contributed by atoms with E-state index < -0.39 is 7.82 Å². The first-order chi connectivity index (χ1) is 23.3. The molecule has 2 aliphatic rings. The maximum atomic E-state index is 8.88. The predicted octanol–water partition coefficient (Wildman–Crippen LogP) is 11.7. The highest BCUT2D eigenvalue weighted by atomic mass is 31.2. The van der Waals surface area contributed by atoms with Gasteiger partial charge in [0.05, 0.1) is 24.4 Å². The molecule has 7 nitrogen and oxygen atoms in total. The third-order valence-electron chi connectivity index (χ3n) is 9.67. The fraction of sp³-hybridized carbons (Fsp3) is 0.900. The van der Waals surface area contributed by atoms with E-state index in [1.54, 1.807) is 0 Å². The molecule has 3 N–H and O–H groups in total. The fourth-order valence-corrected chi connectivity index (χ4v) is 6.43. The SMILES string of the molecule is CCCCCCCC/C=C\CCCCC(CCC1CCO1)OC(CCCC/C=C\CCCCCCCC)CCC1CCO1.O=P(O)(O)O. The number of unbranched alkanes of at least 4 members (excludes halogenated alkanes) is 16. The summed E-state index contributed by atoms with van der Waals surface area (Å²) in [4.78, 5) is 21.6. The van der Waals surface area contributed by atoms with Crippen LogP contribution in [0.15, 0.2) is 24.3 Å². The standard InChI is InChI=1S/C40H74O3.H3O4P/c1-3-5-7-9-11-13-15-17-19-21-23-25-27-39(31-29-37-33-35-41-37)43-40(32-30-38-34-36-42-38)28-26-24-22-20-18-16-14-12-10-8-6-4-2;1-5(2,3)4/h17-20,37-40H,3-16,21-36H2,1-2H3;(H3,1,2,3,4)/b19-17-,20-18-;. The Kier molecular flexibility index (Phi) is 30.7. The van der Waals surface area contributed by atoms with Gasteiger partial charge in [0.1, 0.15) is 0 Å². The lowest BCUT2D eigenvalue weighted by Crippen LogP contribution is -2.31. The van der Waals surface area contributed by atoms with Gasteiger partial charge >= 0.3 is 7.82 Å².